The van der Waals surface area contributed by atoms with E-state index in [2.05, 4.69) is 5.32 Å². The largest absolute Gasteiger partial charge is 0.469 e. The molecule has 1 fully saturated rings. The van der Waals surface area contributed by atoms with Crippen molar-refractivity contribution in [3.8, 4) is 0 Å². The first-order valence-corrected chi connectivity index (χ1v) is 14.9. The number of fused-ring (bicyclic) bond motifs is 2. The van der Waals surface area contributed by atoms with Crippen molar-refractivity contribution in [1.82, 2.24) is 4.57 Å². The number of benzene rings is 2. The van der Waals surface area contributed by atoms with E-state index in [9.17, 15) is 24.0 Å². The fourth-order valence-corrected chi connectivity index (χ4v) is 8.07. The zero-order valence-electron chi connectivity index (χ0n) is 22.6. The second kappa shape index (κ2) is 11.1. The Balaban J connectivity index is 1.34. The normalized spacial score (nSPS) is 19.4. The van der Waals surface area contributed by atoms with Gasteiger partial charge in [0.25, 0.3) is 0 Å². The lowest BCUT2D eigenvalue weighted by Crippen LogP contribution is -2.32. The van der Waals surface area contributed by atoms with E-state index in [4.69, 9.17) is 9.15 Å². The van der Waals surface area contributed by atoms with Crippen molar-refractivity contribution >= 4 is 58.2 Å². The third kappa shape index (κ3) is 4.86. The first-order valence-electron chi connectivity index (χ1n) is 13.2. The topological polar surface area (TPSA) is 128 Å². The number of carbonyl (C=O) groups excluding carboxylic acids is 4. The Morgan fingerprint density at radius 3 is 2.50 bits per heavy atom. The zero-order chi connectivity index (χ0) is 29.5. The van der Waals surface area contributed by atoms with Crippen molar-refractivity contribution < 1.29 is 28.3 Å². The highest BCUT2D eigenvalue weighted by atomic mass is 32.2. The number of esters is 1. The molecule has 0 bridgehead atoms. The molecule has 42 heavy (non-hydrogen) atoms. The molecule has 0 unspecified atom stereocenters. The van der Waals surface area contributed by atoms with E-state index in [-0.39, 0.29) is 18.0 Å². The molecule has 10 nitrogen and oxygen atoms in total. The van der Waals surface area contributed by atoms with Crippen LogP contribution in [0.1, 0.15) is 39.4 Å². The number of hydrogen-bond donors (Lipinski definition) is 1. The van der Waals surface area contributed by atoms with Crippen LogP contribution in [0.25, 0.3) is 0 Å². The van der Waals surface area contributed by atoms with Crippen LogP contribution in [0, 0.1) is 12.8 Å². The van der Waals surface area contributed by atoms with Crippen LogP contribution in [0.5, 0.6) is 0 Å². The third-order valence-corrected chi connectivity index (χ3v) is 9.74. The molecule has 0 spiro atoms. The summed E-state index contributed by atoms with van der Waals surface area (Å²) in [4.78, 5) is 67.3. The number of hydrogen-bond acceptors (Lipinski definition) is 9. The molecule has 12 heteroatoms. The van der Waals surface area contributed by atoms with Gasteiger partial charge in [-0.3, -0.25) is 23.7 Å². The van der Waals surface area contributed by atoms with Gasteiger partial charge in [0, 0.05) is 5.69 Å². The van der Waals surface area contributed by atoms with Crippen LogP contribution < -0.4 is 15.1 Å². The van der Waals surface area contributed by atoms with Crippen molar-refractivity contribution in [1.29, 1.82) is 0 Å². The number of thiazole rings is 1. The van der Waals surface area contributed by atoms with Crippen LogP contribution in [0.15, 0.2) is 81.2 Å². The van der Waals surface area contributed by atoms with Crippen LogP contribution in [-0.4, -0.2) is 40.1 Å². The molecule has 0 radical (unpaired) electrons. The van der Waals surface area contributed by atoms with Gasteiger partial charge in [-0.25, -0.2) is 9.69 Å². The van der Waals surface area contributed by atoms with Crippen LogP contribution in [-0.2, 0) is 25.7 Å². The number of rotatable bonds is 7. The molecule has 1 N–H and O–H groups in total. The summed E-state index contributed by atoms with van der Waals surface area (Å²) in [6.07, 6.45) is 1.48. The van der Waals surface area contributed by atoms with Crippen molar-refractivity contribution in [2.75, 3.05) is 16.8 Å². The predicted octanol–water partition coefficient (Wildman–Crippen LogP) is 4.42. The van der Waals surface area contributed by atoms with Crippen molar-refractivity contribution in [2.24, 2.45) is 5.92 Å². The second-order valence-electron chi connectivity index (χ2n) is 9.88. The standard InChI is InChI=1S/C30H25N3O7S2/c1-3-39-29(37)17-9-11-19(12-10-17)33-26(35)23-22(20-8-5-13-40-20)25-28(41-24(23)27(33)36)32(30(38)42-25)15-21(34)31-18-7-4-6-16(2)14-18/h4-14,22-24H,3,15H2,1-2H3,(H,31,34)/t22-,23-,24+/m0/s1. The van der Waals surface area contributed by atoms with Crippen molar-refractivity contribution in [2.45, 2.75) is 36.6 Å². The molecule has 4 aromatic rings. The van der Waals surface area contributed by atoms with Gasteiger partial charge in [-0.1, -0.05) is 35.2 Å². The van der Waals surface area contributed by atoms with E-state index in [0.29, 0.717) is 32.6 Å². The fraction of sp³-hybridized carbons (Fsp3) is 0.233. The van der Waals surface area contributed by atoms with E-state index < -0.39 is 40.8 Å². The quantitative estimate of drug-likeness (QED) is 0.243. The lowest BCUT2D eigenvalue weighted by atomic mass is 9.87. The number of aryl methyl sites for hydroxylation is 1. The minimum absolute atomic E-state index is 0.223. The molecule has 214 valence electrons. The van der Waals surface area contributed by atoms with E-state index in [1.165, 1.54) is 35.1 Å². The molecule has 2 aliphatic heterocycles. The summed E-state index contributed by atoms with van der Waals surface area (Å²) >= 11 is 2.06. The minimum Gasteiger partial charge on any atom is -0.469 e. The van der Waals surface area contributed by atoms with E-state index in [1.807, 2.05) is 25.1 Å². The third-order valence-electron chi connectivity index (χ3n) is 7.14. The maximum absolute atomic E-state index is 13.9. The number of nitrogens with zero attached hydrogens (tertiary/aromatic N) is 2. The molecule has 2 aliphatic rings. The van der Waals surface area contributed by atoms with Gasteiger partial charge in [-0.2, -0.15) is 0 Å². The van der Waals surface area contributed by atoms with Gasteiger partial charge < -0.3 is 14.5 Å². The Labute approximate surface area is 248 Å². The molecular weight excluding hydrogens is 578 g/mol. The second-order valence-corrected chi connectivity index (χ2v) is 12.0. The first-order chi connectivity index (χ1) is 20.3. The smallest absolute Gasteiger partial charge is 0.338 e. The Hall–Kier alpha value is -4.42. The summed E-state index contributed by atoms with van der Waals surface area (Å²) in [6, 6.07) is 16.8. The van der Waals surface area contributed by atoms with Gasteiger partial charge in [0.2, 0.25) is 17.7 Å². The number of carbonyl (C=O) groups is 4. The highest BCUT2D eigenvalue weighted by Crippen LogP contribution is 2.53. The van der Waals surface area contributed by atoms with Crippen LogP contribution in [0.3, 0.4) is 0 Å². The van der Waals surface area contributed by atoms with E-state index in [1.54, 1.807) is 25.1 Å². The summed E-state index contributed by atoms with van der Waals surface area (Å²) in [5.41, 5.74) is 2.21. The number of imide groups is 1. The monoisotopic (exact) mass is 603 g/mol. The Morgan fingerprint density at radius 1 is 1.02 bits per heavy atom. The highest BCUT2D eigenvalue weighted by molar-refractivity contribution is 8.00. The molecule has 4 heterocycles. The maximum atomic E-state index is 13.9. The zero-order valence-corrected chi connectivity index (χ0v) is 24.2. The predicted molar refractivity (Wildman–Crippen MR) is 157 cm³/mol. The Bertz CT molecular complexity index is 1760. The van der Waals surface area contributed by atoms with Gasteiger partial charge in [-0.05, 0) is 67.9 Å². The maximum Gasteiger partial charge on any atom is 0.338 e. The number of thioether (sulfide) groups is 1. The number of aromatic nitrogens is 1. The average Bonchev–Trinajstić information content (AvgIpc) is 3.66. The molecule has 1 saturated heterocycles. The number of furan rings is 1. The molecule has 2 aromatic heterocycles. The first kappa shape index (κ1) is 27.7. The lowest BCUT2D eigenvalue weighted by Gasteiger charge is -2.29. The van der Waals surface area contributed by atoms with Crippen LogP contribution in [0.4, 0.5) is 11.4 Å². The molecule has 0 aliphatic carbocycles. The Kier molecular flexibility index (Phi) is 7.33. The highest BCUT2D eigenvalue weighted by Gasteiger charge is 2.57. The van der Waals surface area contributed by atoms with Crippen molar-refractivity contribution in [3.05, 3.63) is 98.4 Å². The van der Waals surface area contributed by atoms with Gasteiger partial charge in [0.1, 0.15) is 17.6 Å². The van der Waals surface area contributed by atoms with Gasteiger partial charge in [-0.15, -0.1) is 0 Å². The summed E-state index contributed by atoms with van der Waals surface area (Å²) < 4.78 is 12.1. The minimum atomic E-state index is -0.857. The molecule has 0 saturated carbocycles. The van der Waals surface area contributed by atoms with Crippen LogP contribution >= 0.6 is 23.1 Å². The number of nitrogens with one attached hydrogen (secondary N) is 1. The number of amides is 3. The van der Waals surface area contributed by atoms with Crippen molar-refractivity contribution in [3.63, 3.8) is 0 Å². The average molecular weight is 604 g/mol. The lowest BCUT2D eigenvalue weighted by molar-refractivity contribution is -0.122. The molecule has 3 amide bonds. The molecular formula is C30H25N3O7S2. The summed E-state index contributed by atoms with van der Waals surface area (Å²) in [7, 11) is 0. The van der Waals surface area contributed by atoms with Gasteiger partial charge in [0.05, 0.1) is 45.9 Å². The van der Waals surface area contributed by atoms with E-state index in [0.717, 1.165) is 33.6 Å². The van der Waals surface area contributed by atoms with Gasteiger partial charge >= 0.3 is 10.8 Å². The molecule has 6 rings (SSSR count). The van der Waals surface area contributed by atoms with E-state index >= 15 is 0 Å². The number of anilines is 2. The summed E-state index contributed by atoms with van der Waals surface area (Å²) in [5, 5.41) is 2.43. The van der Waals surface area contributed by atoms with Crippen LogP contribution in [0.2, 0.25) is 0 Å². The number of ether oxygens (including phenoxy) is 1. The van der Waals surface area contributed by atoms with Gasteiger partial charge in [0.15, 0.2) is 0 Å². The SMILES string of the molecule is CCOC(=O)c1ccc(N2C(=O)[C@H]3[C@H](c4ccco4)c4sc(=O)n(CC(=O)Nc5cccc(C)c5)c4S[C@H]3C2=O)cc1. The molecule has 2 aromatic carbocycles. The molecule has 3 atom stereocenters. The summed E-state index contributed by atoms with van der Waals surface area (Å²) in [5.74, 6) is -2.85. The summed E-state index contributed by atoms with van der Waals surface area (Å²) in [6.45, 7) is 3.59. The fourth-order valence-electron chi connectivity index (χ4n) is 5.31. The Morgan fingerprint density at radius 2 is 1.81 bits per heavy atom.